The molecule has 1 heterocycles. The van der Waals surface area contributed by atoms with E-state index in [9.17, 15) is 9.59 Å². The summed E-state index contributed by atoms with van der Waals surface area (Å²) in [7, 11) is 0. The van der Waals surface area contributed by atoms with Crippen LogP contribution in [0.3, 0.4) is 0 Å². The van der Waals surface area contributed by atoms with Crippen LogP contribution in [0.15, 0.2) is 24.3 Å². The number of nitrogens with zero attached hydrogens (tertiary/aromatic N) is 1. The van der Waals surface area contributed by atoms with Crippen molar-refractivity contribution in [2.24, 2.45) is 0 Å². The highest BCUT2D eigenvalue weighted by molar-refractivity contribution is 5.94. The second kappa shape index (κ2) is 7.13. The summed E-state index contributed by atoms with van der Waals surface area (Å²) in [6.07, 6.45) is 4.04. The van der Waals surface area contributed by atoms with Gasteiger partial charge in [-0.1, -0.05) is 17.7 Å². The van der Waals surface area contributed by atoms with Crippen molar-refractivity contribution in [1.82, 2.24) is 15.5 Å². The minimum atomic E-state index is -0.00127. The fourth-order valence-corrected chi connectivity index (χ4v) is 2.99. The fourth-order valence-electron chi connectivity index (χ4n) is 2.99. The predicted molar refractivity (Wildman–Crippen MR) is 89.3 cm³/mol. The van der Waals surface area contributed by atoms with E-state index in [1.807, 2.05) is 31.2 Å². The van der Waals surface area contributed by atoms with Gasteiger partial charge < -0.3 is 10.6 Å². The van der Waals surface area contributed by atoms with E-state index in [0.717, 1.165) is 49.9 Å². The standard InChI is InChI=1S/C18H25N3O2/c1-13-3-2-4-14(11-13)18(23)20-16-7-9-21(10-8-16)12-17(22)19-15-5-6-15/h2-4,11,15-16H,5-10,12H2,1H3,(H,19,22)(H,20,23). The molecule has 2 amide bonds. The first kappa shape index (κ1) is 16.0. The summed E-state index contributed by atoms with van der Waals surface area (Å²) in [5.74, 6) is 0.133. The lowest BCUT2D eigenvalue weighted by Gasteiger charge is -2.31. The third-order valence-electron chi connectivity index (χ3n) is 4.51. The molecule has 2 N–H and O–H groups in total. The molecule has 1 saturated carbocycles. The Hall–Kier alpha value is -1.88. The second-order valence-electron chi connectivity index (χ2n) is 6.74. The highest BCUT2D eigenvalue weighted by Gasteiger charge is 2.26. The van der Waals surface area contributed by atoms with Crippen molar-refractivity contribution >= 4 is 11.8 Å². The van der Waals surface area contributed by atoms with Gasteiger partial charge in [0.1, 0.15) is 0 Å². The van der Waals surface area contributed by atoms with Crippen LogP contribution < -0.4 is 10.6 Å². The zero-order valence-corrected chi connectivity index (χ0v) is 13.7. The van der Waals surface area contributed by atoms with E-state index in [1.54, 1.807) is 0 Å². The molecular formula is C18H25N3O2. The number of carbonyl (C=O) groups is 2. The van der Waals surface area contributed by atoms with E-state index in [0.29, 0.717) is 12.6 Å². The number of carbonyl (C=O) groups excluding carboxylic acids is 2. The van der Waals surface area contributed by atoms with Crippen LogP contribution >= 0.6 is 0 Å². The predicted octanol–water partition coefficient (Wildman–Crippen LogP) is 1.47. The maximum atomic E-state index is 12.3. The molecule has 2 fully saturated rings. The zero-order chi connectivity index (χ0) is 16.2. The third kappa shape index (κ3) is 4.79. The Kier molecular flexibility index (Phi) is 4.96. The lowest BCUT2D eigenvalue weighted by atomic mass is 10.0. The summed E-state index contributed by atoms with van der Waals surface area (Å²) in [5, 5.41) is 6.13. The first-order valence-corrected chi connectivity index (χ1v) is 8.49. The molecule has 0 atom stereocenters. The molecule has 3 rings (SSSR count). The first-order chi connectivity index (χ1) is 11.1. The van der Waals surface area contributed by atoms with Crippen LogP contribution in [0.5, 0.6) is 0 Å². The van der Waals surface area contributed by atoms with E-state index in [-0.39, 0.29) is 17.9 Å². The van der Waals surface area contributed by atoms with Gasteiger partial charge in [-0.25, -0.2) is 0 Å². The Balaban J connectivity index is 1.41. The minimum Gasteiger partial charge on any atom is -0.352 e. The van der Waals surface area contributed by atoms with Crippen molar-refractivity contribution in [3.05, 3.63) is 35.4 Å². The molecule has 1 aromatic rings. The number of nitrogens with one attached hydrogen (secondary N) is 2. The largest absolute Gasteiger partial charge is 0.352 e. The van der Waals surface area contributed by atoms with Gasteiger partial charge in [-0.15, -0.1) is 0 Å². The molecule has 0 spiro atoms. The van der Waals surface area contributed by atoms with Gasteiger partial charge in [-0.05, 0) is 44.7 Å². The molecule has 23 heavy (non-hydrogen) atoms. The smallest absolute Gasteiger partial charge is 0.251 e. The molecule has 1 aliphatic carbocycles. The molecule has 124 valence electrons. The third-order valence-corrected chi connectivity index (χ3v) is 4.51. The van der Waals surface area contributed by atoms with Gasteiger partial charge in [0.25, 0.3) is 5.91 Å². The van der Waals surface area contributed by atoms with Crippen LogP contribution in [0.25, 0.3) is 0 Å². The molecule has 0 aromatic heterocycles. The summed E-state index contributed by atoms with van der Waals surface area (Å²) >= 11 is 0. The van der Waals surface area contributed by atoms with Crippen LogP contribution in [-0.4, -0.2) is 48.4 Å². The van der Waals surface area contributed by atoms with Crippen LogP contribution in [0.2, 0.25) is 0 Å². The number of hydrogen-bond acceptors (Lipinski definition) is 3. The van der Waals surface area contributed by atoms with E-state index < -0.39 is 0 Å². The van der Waals surface area contributed by atoms with E-state index in [4.69, 9.17) is 0 Å². The van der Waals surface area contributed by atoms with Crippen LogP contribution in [0.1, 0.15) is 41.6 Å². The molecule has 1 saturated heterocycles. The Bertz CT molecular complexity index is 575. The topological polar surface area (TPSA) is 61.4 Å². The van der Waals surface area contributed by atoms with Crippen molar-refractivity contribution in [3.63, 3.8) is 0 Å². The highest BCUT2D eigenvalue weighted by Crippen LogP contribution is 2.18. The van der Waals surface area contributed by atoms with Crippen molar-refractivity contribution in [1.29, 1.82) is 0 Å². The second-order valence-corrected chi connectivity index (χ2v) is 6.74. The van der Waals surface area contributed by atoms with Crippen molar-refractivity contribution < 1.29 is 9.59 Å². The first-order valence-electron chi connectivity index (χ1n) is 8.49. The van der Waals surface area contributed by atoms with Crippen LogP contribution in [0, 0.1) is 6.92 Å². The fraction of sp³-hybridized carbons (Fsp3) is 0.556. The van der Waals surface area contributed by atoms with Gasteiger partial charge in [-0.2, -0.15) is 0 Å². The summed E-state index contributed by atoms with van der Waals surface area (Å²) in [4.78, 5) is 26.3. The van der Waals surface area contributed by atoms with Gasteiger partial charge in [0.2, 0.25) is 5.91 Å². The molecule has 1 aromatic carbocycles. The molecular weight excluding hydrogens is 290 g/mol. The number of hydrogen-bond donors (Lipinski definition) is 2. The molecule has 5 nitrogen and oxygen atoms in total. The average molecular weight is 315 g/mol. The Morgan fingerprint density at radius 2 is 1.78 bits per heavy atom. The van der Waals surface area contributed by atoms with Crippen LogP contribution in [0.4, 0.5) is 0 Å². The number of piperidine rings is 1. The minimum absolute atomic E-state index is 0.00127. The van der Waals surface area contributed by atoms with Crippen molar-refractivity contribution in [2.75, 3.05) is 19.6 Å². The molecule has 1 aliphatic heterocycles. The number of amides is 2. The molecule has 0 bridgehead atoms. The van der Waals surface area contributed by atoms with Crippen LogP contribution in [-0.2, 0) is 4.79 Å². The van der Waals surface area contributed by atoms with E-state index in [1.165, 1.54) is 0 Å². The normalized spacial score (nSPS) is 19.3. The summed E-state index contributed by atoms with van der Waals surface area (Å²) < 4.78 is 0. The highest BCUT2D eigenvalue weighted by atomic mass is 16.2. The number of rotatable bonds is 5. The zero-order valence-electron chi connectivity index (χ0n) is 13.7. The Morgan fingerprint density at radius 3 is 2.43 bits per heavy atom. The Labute approximate surface area is 137 Å². The summed E-state index contributed by atoms with van der Waals surface area (Å²) in [6.45, 7) is 4.19. The van der Waals surface area contributed by atoms with Crippen molar-refractivity contribution in [3.8, 4) is 0 Å². The molecule has 5 heteroatoms. The number of likely N-dealkylation sites (tertiary alicyclic amines) is 1. The maximum absolute atomic E-state index is 12.3. The SMILES string of the molecule is Cc1cccc(C(=O)NC2CCN(CC(=O)NC3CC3)CC2)c1. The van der Waals surface area contributed by atoms with Gasteiger partial charge in [0.15, 0.2) is 0 Å². The lowest BCUT2D eigenvalue weighted by molar-refractivity contribution is -0.122. The Morgan fingerprint density at radius 1 is 1.09 bits per heavy atom. The van der Waals surface area contributed by atoms with Gasteiger partial charge in [-0.3, -0.25) is 14.5 Å². The van der Waals surface area contributed by atoms with E-state index >= 15 is 0 Å². The van der Waals surface area contributed by atoms with Gasteiger partial charge in [0, 0.05) is 30.7 Å². The molecule has 0 radical (unpaired) electrons. The quantitative estimate of drug-likeness (QED) is 0.865. The monoisotopic (exact) mass is 315 g/mol. The van der Waals surface area contributed by atoms with Crippen molar-refractivity contribution in [2.45, 2.75) is 44.7 Å². The summed E-state index contributed by atoms with van der Waals surface area (Å²) in [6, 6.07) is 8.28. The maximum Gasteiger partial charge on any atom is 0.251 e. The average Bonchev–Trinajstić information content (AvgIpc) is 3.33. The number of aryl methyl sites for hydroxylation is 1. The summed E-state index contributed by atoms with van der Waals surface area (Å²) in [5.41, 5.74) is 1.81. The molecule has 0 unspecified atom stereocenters. The lowest BCUT2D eigenvalue weighted by Crippen LogP contribution is -2.47. The van der Waals surface area contributed by atoms with Gasteiger partial charge >= 0.3 is 0 Å². The molecule has 2 aliphatic rings. The van der Waals surface area contributed by atoms with Gasteiger partial charge in [0.05, 0.1) is 6.54 Å². The van der Waals surface area contributed by atoms with E-state index in [2.05, 4.69) is 15.5 Å². The number of benzene rings is 1.